The molecule has 1 radical (unpaired) electrons. The number of hydrogen-bond donors (Lipinski definition) is 0. The third kappa shape index (κ3) is 0.480. The first-order valence-electron chi connectivity index (χ1n) is 2.90. The van der Waals surface area contributed by atoms with Crippen LogP contribution in [0.15, 0.2) is 0 Å². The molecule has 0 spiro atoms. The van der Waals surface area contributed by atoms with Gasteiger partial charge in [-0.15, -0.1) is 0 Å². The Labute approximate surface area is 43.7 Å². The van der Waals surface area contributed by atoms with Gasteiger partial charge in [0, 0.05) is 6.61 Å². The molecule has 7 heavy (non-hydrogen) atoms. The molecule has 0 N–H and O–H groups in total. The van der Waals surface area contributed by atoms with Crippen molar-refractivity contribution in [1.82, 2.24) is 0 Å². The van der Waals surface area contributed by atoms with Crippen LogP contribution in [0.2, 0.25) is 0 Å². The van der Waals surface area contributed by atoms with Crippen LogP contribution in [0.5, 0.6) is 0 Å². The zero-order valence-corrected chi connectivity index (χ0v) is 4.26. The highest BCUT2D eigenvalue weighted by atomic mass is 16.5. The van der Waals surface area contributed by atoms with Gasteiger partial charge in [-0.2, -0.15) is 0 Å². The lowest BCUT2D eigenvalue weighted by atomic mass is 10.1. The molecule has 2 fully saturated rings. The van der Waals surface area contributed by atoms with Gasteiger partial charge in [-0.1, -0.05) is 0 Å². The largest absolute Gasteiger partial charge is 0.378 e. The Hall–Kier alpha value is -0.0400. The summed E-state index contributed by atoms with van der Waals surface area (Å²) in [5.74, 6) is 0.894. The van der Waals surface area contributed by atoms with E-state index < -0.39 is 0 Å². The van der Waals surface area contributed by atoms with Gasteiger partial charge in [0.15, 0.2) is 0 Å². The minimum atomic E-state index is 0.546. The van der Waals surface area contributed by atoms with Crippen LogP contribution in [-0.4, -0.2) is 12.7 Å². The van der Waals surface area contributed by atoms with Crippen LogP contribution in [-0.2, 0) is 4.74 Å². The molecule has 0 aromatic heterocycles. The highest BCUT2D eigenvalue weighted by molar-refractivity contribution is 4.94. The first kappa shape index (κ1) is 3.90. The van der Waals surface area contributed by atoms with E-state index in [1.807, 2.05) is 0 Å². The molecule has 2 bridgehead atoms. The Bertz CT molecular complexity index is 62.2. The Morgan fingerprint density at radius 1 is 1.57 bits per heavy atom. The number of rotatable bonds is 0. The summed E-state index contributed by atoms with van der Waals surface area (Å²) < 4.78 is 5.30. The van der Waals surface area contributed by atoms with Crippen LogP contribution in [0.1, 0.15) is 12.8 Å². The third-order valence-corrected chi connectivity index (χ3v) is 1.84. The molecule has 1 heterocycles. The topological polar surface area (TPSA) is 9.23 Å². The predicted molar refractivity (Wildman–Crippen MR) is 26.8 cm³/mol. The summed E-state index contributed by atoms with van der Waals surface area (Å²) in [7, 11) is 0. The van der Waals surface area contributed by atoms with Crippen molar-refractivity contribution in [1.29, 1.82) is 0 Å². The maximum absolute atomic E-state index is 5.30. The van der Waals surface area contributed by atoms with Gasteiger partial charge in [0.25, 0.3) is 0 Å². The van der Waals surface area contributed by atoms with Gasteiger partial charge < -0.3 is 4.74 Å². The van der Waals surface area contributed by atoms with Gasteiger partial charge in [0.05, 0.1) is 6.10 Å². The van der Waals surface area contributed by atoms with Crippen LogP contribution < -0.4 is 0 Å². The molecular weight excluding hydrogens is 88.1 g/mol. The number of fused-ring (bicyclic) bond motifs is 2. The van der Waals surface area contributed by atoms with Crippen molar-refractivity contribution in [3.63, 3.8) is 0 Å². The average Bonchev–Trinajstić information content (AvgIpc) is 2.22. The quantitative estimate of drug-likeness (QED) is 0.438. The summed E-state index contributed by atoms with van der Waals surface area (Å²) in [6.45, 7) is 1.03. The second-order valence-corrected chi connectivity index (χ2v) is 2.44. The third-order valence-electron chi connectivity index (χ3n) is 1.84. The van der Waals surface area contributed by atoms with Crippen molar-refractivity contribution in [2.24, 2.45) is 5.92 Å². The van der Waals surface area contributed by atoms with Gasteiger partial charge in [0.1, 0.15) is 0 Å². The Kier molecular flexibility index (Phi) is 0.680. The lowest BCUT2D eigenvalue weighted by molar-refractivity contribution is 0.109. The Balaban J connectivity index is 2.12. The molecule has 0 aromatic carbocycles. The number of hydrogen-bond acceptors (Lipinski definition) is 1. The zero-order chi connectivity index (χ0) is 4.69. The molecule has 1 nitrogen and oxygen atoms in total. The second-order valence-electron chi connectivity index (χ2n) is 2.44. The van der Waals surface area contributed by atoms with Crippen molar-refractivity contribution < 1.29 is 4.74 Å². The predicted octanol–water partition coefficient (Wildman–Crippen LogP) is 0.999. The minimum Gasteiger partial charge on any atom is -0.378 e. The smallest absolute Gasteiger partial charge is 0.0610 e. The van der Waals surface area contributed by atoms with Crippen LogP contribution in [0, 0.1) is 12.3 Å². The molecular formula is C6H9O. The summed E-state index contributed by atoms with van der Waals surface area (Å²) in [6, 6.07) is 0. The van der Waals surface area contributed by atoms with Gasteiger partial charge in [-0.05, 0) is 25.2 Å². The van der Waals surface area contributed by atoms with Crippen LogP contribution >= 0.6 is 0 Å². The van der Waals surface area contributed by atoms with Crippen molar-refractivity contribution in [3.05, 3.63) is 6.42 Å². The molecule has 2 atom stereocenters. The van der Waals surface area contributed by atoms with E-state index in [-0.39, 0.29) is 0 Å². The Morgan fingerprint density at radius 2 is 2.57 bits per heavy atom. The van der Waals surface area contributed by atoms with E-state index in [0.717, 1.165) is 12.5 Å². The normalized spacial score (nSPS) is 48.0. The lowest BCUT2D eigenvalue weighted by Gasteiger charge is -2.07. The first-order chi connectivity index (χ1) is 3.45. The highest BCUT2D eigenvalue weighted by Gasteiger charge is 2.32. The molecule has 1 heteroatoms. The van der Waals surface area contributed by atoms with E-state index >= 15 is 0 Å². The standard InChI is InChI=1S/C6H9O/c1-2-6-3-5(1)4-7-6/h2,5-6H,1,3-4H2. The van der Waals surface area contributed by atoms with Gasteiger partial charge in [-0.25, -0.2) is 0 Å². The molecule has 2 rings (SSSR count). The SMILES string of the molecule is [CH]1CC2COC1C2. The van der Waals surface area contributed by atoms with Gasteiger partial charge >= 0.3 is 0 Å². The molecule has 0 aromatic rings. The fourth-order valence-electron chi connectivity index (χ4n) is 1.40. The second kappa shape index (κ2) is 1.22. The van der Waals surface area contributed by atoms with Crippen LogP contribution in [0.3, 0.4) is 0 Å². The van der Waals surface area contributed by atoms with E-state index in [9.17, 15) is 0 Å². The van der Waals surface area contributed by atoms with Crippen molar-refractivity contribution >= 4 is 0 Å². The van der Waals surface area contributed by atoms with Crippen molar-refractivity contribution in [2.75, 3.05) is 6.61 Å². The Morgan fingerprint density at radius 3 is 2.71 bits per heavy atom. The monoisotopic (exact) mass is 97.1 g/mol. The molecule has 2 aliphatic rings. The van der Waals surface area contributed by atoms with E-state index in [2.05, 4.69) is 6.42 Å². The summed E-state index contributed by atoms with van der Waals surface area (Å²) in [6.07, 6.45) is 5.45. The minimum absolute atomic E-state index is 0.546. The summed E-state index contributed by atoms with van der Waals surface area (Å²) >= 11 is 0. The van der Waals surface area contributed by atoms with Crippen LogP contribution in [0.4, 0.5) is 0 Å². The fourth-order valence-corrected chi connectivity index (χ4v) is 1.40. The molecule has 2 unspecified atom stereocenters. The number of ether oxygens (including phenoxy) is 1. The average molecular weight is 97.1 g/mol. The molecule has 1 aliphatic heterocycles. The molecule has 0 amide bonds. The summed E-state index contributed by atoms with van der Waals surface area (Å²) in [5, 5.41) is 0. The summed E-state index contributed by atoms with van der Waals surface area (Å²) in [5.41, 5.74) is 0. The fraction of sp³-hybridized carbons (Fsp3) is 0.833. The van der Waals surface area contributed by atoms with Gasteiger partial charge in [0.2, 0.25) is 0 Å². The maximum Gasteiger partial charge on any atom is 0.0610 e. The van der Waals surface area contributed by atoms with Crippen LogP contribution in [0.25, 0.3) is 0 Å². The highest BCUT2D eigenvalue weighted by Crippen LogP contribution is 2.33. The maximum atomic E-state index is 5.30. The van der Waals surface area contributed by atoms with Crippen molar-refractivity contribution in [2.45, 2.75) is 18.9 Å². The first-order valence-corrected chi connectivity index (χ1v) is 2.90. The van der Waals surface area contributed by atoms with Gasteiger partial charge in [-0.3, -0.25) is 0 Å². The summed E-state index contributed by atoms with van der Waals surface area (Å²) in [4.78, 5) is 0. The molecule has 1 aliphatic carbocycles. The van der Waals surface area contributed by atoms with Crippen molar-refractivity contribution in [3.8, 4) is 0 Å². The molecule has 1 saturated carbocycles. The van der Waals surface area contributed by atoms with E-state index in [1.54, 1.807) is 0 Å². The van der Waals surface area contributed by atoms with E-state index in [4.69, 9.17) is 4.74 Å². The lowest BCUT2D eigenvalue weighted by Crippen LogP contribution is -2.06. The molecule has 39 valence electrons. The van der Waals surface area contributed by atoms with E-state index in [1.165, 1.54) is 12.8 Å². The molecule has 1 saturated heterocycles. The zero-order valence-electron chi connectivity index (χ0n) is 4.26. The van der Waals surface area contributed by atoms with E-state index in [0.29, 0.717) is 6.10 Å².